The highest BCUT2D eigenvalue weighted by atomic mass is 19.1. The van der Waals surface area contributed by atoms with Crippen LogP contribution >= 0.6 is 0 Å². The molecule has 1 aromatic carbocycles. The zero-order valence-corrected chi connectivity index (χ0v) is 10.2. The van der Waals surface area contributed by atoms with E-state index in [2.05, 4.69) is 5.32 Å². The van der Waals surface area contributed by atoms with Crippen molar-refractivity contribution in [3.63, 3.8) is 0 Å². The monoisotopic (exact) mass is 236 g/mol. The lowest BCUT2D eigenvalue weighted by molar-refractivity contribution is -0.123. The SMILES string of the molecule is CNCC1(C(=O)N(C)c2ccccc2F)CC1. The number of halogens is 1. The molecule has 17 heavy (non-hydrogen) atoms. The molecule has 3 nitrogen and oxygen atoms in total. The van der Waals surface area contributed by atoms with Crippen LogP contribution in [-0.4, -0.2) is 26.5 Å². The highest BCUT2D eigenvalue weighted by Crippen LogP contribution is 2.47. The molecule has 92 valence electrons. The molecule has 0 unspecified atom stereocenters. The van der Waals surface area contributed by atoms with Gasteiger partial charge in [-0.3, -0.25) is 4.79 Å². The smallest absolute Gasteiger partial charge is 0.234 e. The Morgan fingerprint density at radius 3 is 2.65 bits per heavy atom. The van der Waals surface area contributed by atoms with Crippen molar-refractivity contribution in [2.24, 2.45) is 5.41 Å². The third kappa shape index (κ3) is 2.17. The van der Waals surface area contributed by atoms with E-state index in [1.165, 1.54) is 11.0 Å². The van der Waals surface area contributed by atoms with Gasteiger partial charge in [0.2, 0.25) is 5.91 Å². The Labute approximate surface area is 101 Å². The number of hydrogen-bond donors (Lipinski definition) is 1. The van der Waals surface area contributed by atoms with Gasteiger partial charge in [0, 0.05) is 13.6 Å². The largest absolute Gasteiger partial charge is 0.319 e. The molecule has 1 aliphatic carbocycles. The number of anilines is 1. The van der Waals surface area contributed by atoms with Gasteiger partial charge in [0.25, 0.3) is 0 Å². The number of carbonyl (C=O) groups excluding carboxylic acids is 1. The number of carbonyl (C=O) groups is 1. The average molecular weight is 236 g/mol. The summed E-state index contributed by atoms with van der Waals surface area (Å²) in [5, 5.41) is 3.03. The quantitative estimate of drug-likeness (QED) is 0.864. The van der Waals surface area contributed by atoms with Crippen molar-refractivity contribution in [1.29, 1.82) is 0 Å². The lowest BCUT2D eigenvalue weighted by Crippen LogP contribution is -2.39. The van der Waals surface area contributed by atoms with E-state index in [4.69, 9.17) is 0 Å². The second-order valence-corrected chi connectivity index (χ2v) is 4.63. The van der Waals surface area contributed by atoms with Crippen LogP contribution in [0.5, 0.6) is 0 Å². The maximum absolute atomic E-state index is 13.6. The van der Waals surface area contributed by atoms with Gasteiger partial charge >= 0.3 is 0 Å². The van der Waals surface area contributed by atoms with E-state index >= 15 is 0 Å². The van der Waals surface area contributed by atoms with Gasteiger partial charge in [-0.15, -0.1) is 0 Å². The van der Waals surface area contributed by atoms with Crippen molar-refractivity contribution < 1.29 is 9.18 Å². The Morgan fingerprint density at radius 1 is 1.47 bits per heavy atom. The molecule has 1 amide bonds. The Balaban J connectivity index is 2.18. The van der Waals surface area contributed by atoms with Gasteiger partial charge in [0.05, 0.1) is 11.1 Å². The average Bonchev–Trinajstić information content (AvgIpc) is 3.09. The van der Waals surface area contributed by atoms with E-state index in [0.717, 1.165) is 12.8 Å². The minimum absolute atomic E-state index is 0.00282. The van der Waals surface area contributed by atoms with Crippen molar-refractivity contribution in [2.75, 3.05) is 25.5 Å². The third-order valence-electron chi connectivity index (χ3n) is 3.34. The molecule has 0 heterocycles. The molecular formula is C13H17FN2O. The first kappa shape index (κ1) is 12.0. The second-order valence-electron chi connectivity index (χ2n) is 4.63. The number of hydrogen-bond acceptors (Lipinski definition) is 2. The highest BCUT2D eigenvalue weighted by molar-refractivity contribution is 5.99. The molecule has 0 saturated heterocycles. The summed E-state index contributed by atoms with van der Waals surface area (Å²) in [4.78, 5) is 13.7. The van der Waals surface area contributed by atoms with E-state index in [0.29, 0.717) is 12.2 Å². The Bertz CT molecular complexity index is 429. The van der Waals surface area contributed by atoms with Crippen LogP contribution in [0.25, 0.3) is 0 Å². The fraction of sp³-hybridized carbons (Fsp3) is 0.462. The van der Waals surface area contributed by atoms with Gasteiger partial charge in [-0.2, -0.15) is 0 Å². The van der Waals surface area contributed by atoms with E-state index < -0.39 is 0 Å². The number of para-hydroxylation sites is 1. The molecule has 1 fully saturated rings. The predicted octanol–water partition coefficient (Wildman–Crippen LogP) is 1.79. The first-order valence-corrected chi connectivity index (χ1v) is 5.78. The molecule has 0 aliphatic heterocycles. The lowest BCUT2D eigenvalue weighted by Gasteiger charge is -2.23. The lowest BCUT2D eigenvalue weighted by atomic mass is 10.1. The van der Waals surface area contributed by atoms with Crippen LogP contribution in [-0.2, 0) is 4.79 Å². The third-order valence-corrected chi connectivity index (χ3v) is 3.34. The van der Waals surface area contributed by atoms with Gasteiger partial charge in [-0.05, 0) is 32.0 Å². The molecule has 0 radical (unpaired) electrons. The van der Waals surface area contributed by atoms with Gasteiger partial charge in [0.15, 0.2) is 0 Å². The molecule has 0 aromatic heterocycles. The molecule has 1 aliphatic rings. The highest BCUT2D eigenvalue weighted by Gasteiger charge is 2.50. The summed E-state index contributed by atoms with van der Waals surface area (Å²) in [6.07, 6.45) is 1.76. The van der Waals surface area contributed by atoms with Crippen LogP contribution in [0.4, 0.5) is 10.1 Å². The normalized spacial score (nSPS) is 16.6. The topological polar surface area (TPSA) is 32.3 Å². The maximum atomic E-state index is 13.6. The molecule has 0 spiro atoms. The Morgan fingerprint density at radius 2 is 2.12 bits per heavy atom. The van der Waals surface area contributed by atoms with Crippen molar-refractivity contribution in [1.82, 2.24) is 5.32 Å². The summed E-state index contributed by atoms with van der Waals surface area (Å²) in [5.74, 6) is -0.361. The van der Waals surface area contributed by atoms with E-state index in [9.17, 15) is 9.18 Å². The van der Waals surface area contributed by atoms with Gasteiger partial charge in [-0.1, -0.05) is 12.1 Å². The number of nitrogens with one attached hydrogen (secondary N) is 1. The van der Waals surface area contributed by atoms with Crippen molar-refractivity contribution in [2.45, 2.75) is 12.8 Å². The number of amides is 1. The summed E-state index contributed by atoms with van der Waals surface area (Å²) >= 11 is 0. The van der Waals surface area contributed by atoms with Gasteiger partial charge < -0.3 is 10.2 Å². The number of rotatable bonds is 4. The van der Waals surface area contributed by atoms with Crippen LogP contribution in [0, 0.1) is 11.2 Å². The van der Waals surface area contributed by atoms with E-state index in [-0.39, 0.29) is 17.1 Å². The second kappa shape index (κ2) is 4.45. The molecule has 1 saturated carbocycles. The zero-order chi connectivity index (χ0) is 12.5. The Kier molecular flexibility index (Phi) is 3.15. The van der Waals surface area contributed by atoms with Gasteiger partial charge in [-0.25, -0.2) is 4.39 Å². The van der Waals surface area contributed by atoms with Crippen molar-refractivity contribution in [3.8, 4) is 0 Å². The summed E-state index contributed by atoms with van der Waals surface area (Å²) < 4.78 is 13.6. The molecule has 0 bridgehead atoms. The fourth-order valence-electron chi connectivity index (χ4n) is 2.14. The molecule has 1 aromatic rings. The van der Waals surface area contributed by atoms with Crippen molar-refractivity contribution >= 4 is 11.6 Å². The van der Waals surface area contributed by atoms with Gasteiger partial charge in [0.1, 0.15) is 5.82 Å². The Hall–Kier alpha value is -1.42. The molecule has 0 atom stereocenters. The first-order valence-electron chi connectivity index (χ1n) is 5.78. The van der Waals surface area contributed by atoms with Crippen LogP contribution in [0.3, 0.4) is 0 Å². The van der Waals surface area contributed by atoms with Crippen LogP contribution in [0.15, 0.2) is 24.3 Å². The number of benzene rings is 1. The molecular weight excluding hydrogens is 219 g/mol. The molecule has 4 heteroatoms. The predicted molar refractivity (Wildman–Crippen MR) is 65.4 cm³/mol. The summed E-state index contributed by atoms with van der Waals surface area (Å²) in [5.41, 5.74) is 0.0334. The van der Waals surface area contributed by atoms with Crippen LogP contribution in [0.2, 0.25) is 0 Å². The molecule has 1 N–H and O–H groups in total. The summed E-state index contributed by atoms with van der Waals surface area (Å²) in [7, 11) is 3.47. The van der Waals surface area contributed by atoms with Crippen LogP contribution < -0.4 is 10.2 Å². The summed E-state index contributed by atoms with van der Waals surface area (Å²) in [6, 6.07) is 6.36. The van der Waals surface area contributed by atoms with Crippen LogP contribution in [0.1, 0.15) is 12.8 Å². The fourth-order valence-corrected chi connectivity index (χ4v) is 2.14. The minimum Gasteiger partial charge on any atom is -0.319 e. The first-order chi connectivity index (χ1) is 8.10. The van der Waals surface area contributed by atoms with Crippen molar-refractivity contribution in [3.05, 3.63) is 30.1 Å². The summed E-state index contributed by atoms with van der Waals surface area (Å²) in [6.45, 7) is 0.657. The zero-order valence-electron chi connectivity index (χ0n) is 10.2. The van der Waals surface area contributed by atoms with E-state index in [1.807, 2.05) is 7.05 Å². The maximum Gasteiger partial charge on any atom is 0.234 e. The molecule has 2 rings (SSSR count). The standard InChI is InChI=1S/C13H17FN2O/c1-15-9-13(7-8-13)12(17)16(2)11-6-4-3-5-10(11)14/h3-6,15H,7-9H2,1-2H3. The minimum atomic E-state index is -0.358. The number of nitrogens with zero attached hydrogens (tertiary/aromatic N) is 1. The van der Waals surface area contributed by atoms with E-state index in [1.54, 1.807) is 25.2 Å².